The summed E-state index contributed by atoms with van der Waals surface area (Å²) < 4.78 is 12.3. The Bertz CT molecular complexity index is 1400. The van der Waals surface area contributed by atoms with Crippen molar-refractivity contribution in [2.24, 2.45) is 0 Å². The minimum atomic E-state index is -0.468. The highest BCUT2D eigenvalue weighted by atomic mass is 32.1. The van der Waals surface area contributed by atoms with Gasteiger partial charge in [0.25, 0.3) is 5.91 Å². The Morgan fingerprint density at radius 1 is 1.18 bits per heavy atom. The molecule has 9 heteroatoms. The van der Waals surface area contributed by atoms with Crippen LogP contribution >= 0.6 is 11.3 Å². The molecule has 0 radical (unpaired) electrons. The lowest BCUT2D eigenvalue weighted by Crippen LogP contribution is -2.26. The molecule has 1 amide bonds. The van der Waals surface area contributed by atoms with Crippen LogP contribution in [-0.4, -0.2) is 45.7 Å². The molecule has 178 valence electrons. The highest BCUT2D eigenvalue weighted by Gasteiger charge is 2.23. The summed E-state index contributed by atoms with van der Waals surface area (Å²) >= 11 is 1.70. The van der Waals surface area contributed by atoms with Crippen LogP contribution in [0.4, 0.5) is 0 Å². The zero-order valence-electron chi connectivity index (χ0n) is 20.4. The van der Waals surface area contributed by atoms with Gasteiger partial charge >= 0.3 is 5.97 Å². The van der Waals surface area contributed by atoms with Crippen LogP contribution in [0.25, 0.3) is 22.3 Å². The van der Waals surface area contributed by atoms with E-state index in [1.165, 1.54) is 12.0 Å². The molecule has 0 aliphatic carbocycles. The van der Waals surface area contributed by atoms with E-state index in [0.29, 0.717) is 33.7 Å². The summed E-state index contributed by atoms with van der Waals surface area (Å²) in [5.74, 6) is 0.305. The predicted molar refractivity (Wildman–Crippen MR) is 131 cm³/mol. The third-order valence-corrected chi connectivity index (χ3v) is 6.68. The van der Waals surface area contributed by atoms with Crippen molar-refractivity contribution in [2.75, 3.05) is 14.2 Å². The molecule has 4 aromatic heterocycles. The number of aromatic nitrogens is 3. The van der Waals surface area contributed by atoms with Gasteiger partial charge in [-0.3, -0.25) is 4.79 Å². The van der Waals surface area contributed by atoms with E-state index < -0.39 is 5.97 Å². The zero-order valence-corrected chi connectivity index (χ0v) is 21.2. The molecular weight excluding hydrogens is 452 g/mol. The van der Waals surface area contributed by atoms with Crippen molar-refractivity contribution in [2.45, 2.75) is 47.2 Å². The first-order chi connectivity index (χ1) is 16.1. The van der Waals surface area contributed by atoms with Crippen molar-refractivity contribution in [3.8, 4) is 11.3 Å². The standard InChI is InChI=1S/C25H28N4O4S/c1-13(2)29-23-21(11-26-29)20(10-22(27-23)19-8-14(3)34-16(19)5)24(30)28(6)12-17-9-18(15(4)33-17)25(31)32-7/h8-11,13H,12H2,1-7H3. The molecule has 0 spiro atoms. The van der Waals surface area contributed by atoms with Gasteiger partial charge in [0.05, 0.1) is 36.5 Å². The Balaban J connectivity index is 1.76. The molecule has 8 nitrogen and oxygen atoms in total. The van der Waals surface area contributed by atoms with Crippen molar-refractivity contribution in [1.82, 2.24) is 19.7 Å². The molecule has 4 rings (SSSR count). The number of amides is 1. The Labute approximate surface area is 202 Å². The number of methoxy groups -OCH3 is 1. The van der Waals surface area contributed by atoms with Crippen molar-refractivity contribution < 1.29 is 18.7 Å². The first kappa shape index (κ1) is 23.7. The number of thiophene rings is 1. The van der Waals surface area contributed by atoms with Crippen LogP contribution in [0, 0.1) is 20.8 Å². The number of fused-ring (bicyclic) bond motifs is 1. The number of esters is 1. The molecule has 4 heterocycles. The van der Waals surface area contributed by atoms with Gasteiger partial charge in [-0.25, -0.2) is 14.5 Å². The second-order valence-electron chi connectivity index (χ2n) is 8.64. The van der Waals surface area contributed by atoms with Crippen LogP contribution in [-0.2, 0) is 11.3 Å². The molecule has 0 fully saturated rings. The van der Waals surface area contributed by atoms with Gasteiger partial charge in [-0.1, -0.05) is 0 Å². The van der Waals surface area contributed by atoms with E-state index in [4.69, 9.17) is 14.1 Å². The van der Waals surface area contributed by atoms with Gasteiger partial charge in [-0.15, -0.1) is 11.3 Å². The monoisotopic (exact) mass is 480 g/mol. The van der Waals surface area contributed by atoms with Gasteiger partial charge < -0.3 is 14.1 Å². The molecule has 0 aliphatic heterocycles. The van der Waals surface area contributed by atoms with E-state index in [9.17, 15) is 9.59 Å². The lowest BCUT2D eigenvalue weighted by Gasteiger charge is -2.17. The zero-order chi connectivity index (χ0) is 24.7. The normalized spacial score (nSPS) is 11.4. The molecule has 4 aromatic rings. The van der Waals surface area contributed by atoms with Crippen LogP contribution in [0.5, 0.6) is 0 Å². The number of nitrogens with zero attached hydrogens (tertiary/aromatic N) is 4. The van der Waals surface area contributed by atoms with Crippen LogP contribution in [0.2, 0.25) is 0 Å². The van der Waals surface area contributed by atoms with Gasteiger partial charge in [0.2, 0.25) is 0 Å². The molecule has 0 atom stereocenters. The highest BCUT2D eigenvalue weighted by Crippen LogP contribution is 2.33. The van der Waals surface area contributed by atoms with Crippen LogP contribution in [0.1, 0.15) is 61.9 Å². The molecule has 0 unspecified atom stereocenters. The lowest BCUT2D eigenvalue weighted by atomic mass is 10.1. The topological polar surface area (TPSA) is 90.5 Å². The maximum Gasteiger partial charge on any atom is 0.341 e. The van der Waals surface area contributed by atoms with E-state index in [-0.39, 0.29) is 18.5 Å². The molecular formula is C25H28N4O4S. The van der Waals surface area contributed by atoms with Gasteiger partial charge in [0, 0.05) is 28.4 Å². The number of furan rings is 1. The smallest absolute Gasteiger partial charge is 0.341 e. The average Bonchev–Trinajstić information content (AvgIpc) is 3.47. The number of hydrogen-bond donors (Lipinski definition) is 0. The van der Waals surface area contributed by atoms with E-state index in [1.54, 1.807) is 42.5 Å². The highest BCUT2D eigenvalue weighted by molar-refractivity contribution is 7.12. The molecule has 0 saturated heterocycles. The van der Waals surface area contributed by atoms with Crippen LogP contribution in [0.3, 0.4) is 0 Å². The number of carbonyl (C=O) groups is 2. The molecule has 0 aliphatic rings. The van der Waals surface area contributed by atoms with Crippen molar-refractivity contribution >= 4 is 34.2 Å². The Hall–Kier alpha value is -3.46. The minimum absolute atomic E-state index is 0.0917. The quantitative estimate of drug-likeness (QED) is 0.347. The first-order valence-corrected chi connectivity index (χ1v) is 11.8. The lowest BCUT2D eigenvalue weighted by molar-refractivity contribution is 0.0598. The minimum Gasteiger partial charge on any atom is -0.465 e. The van der Waals surface area contributed by atoms with Crippen molar-refractivity contribution in [3.05, 3.63) is 56.8 Å². The fourth-order valence-corrected chi connectivity index (χ4v) is 4.97. The maximum absolute atomic E-state index is 13.6. The Morgan fingerprint density at radius 2 is 1.91 bits per heavy atom. The summed E-state index contributed by atoms with van der Waals surface area (Å²) in [7, 11) is 3.03. The van der Waals surface area contributed by atoms with Crippen LogP contribution in [0.15, 0.2) is 28.8 Å². The third-order valence-electron chi connectivity index (χ3n) is 5.72. The van der Waals surface area contributed by atoms with Crippen LogP contribution < -0.4 is 0 Å². The number of aryl methyl sites for hydroxylation is 3. The summed E-state index contributed by atoms with van der Waals surface area (Å²) in [6, 6.07) is 5.65. The summed E-state index contributed by atoms with van der Waals surface area (Å²) in [5, 5.41) is 5.20. The summed E-state index contributed by atoms with van der Waals surface area (Å²) in [5.41, 5.74) is 3.31. The molecule has 0 bridgehead atoms. The fourth-order valence-electron chi connectivity index (χ4n) is 4.04. The number of rotatable bonds is 6. The van der Waals surface area contributed by atoms with E-state index >= 15 is 0 Å². The van der Waals surface area contributed by atoms with Gasteiger partial charge in [-0.05, 0) is 52.8 Å². The summed E-state index contributed by atoms with van der Waals surface area (Å²) in [6.07, 6.45) is 1.70. The molecule has 0 saturated carbocycles. The largest absolute Gasteiger partial charge is 0.465 e. The molecule has 0 aromatic carbocycles. The van der Waals surface area contributed by atoms with E-state index in [0.717, 1.165) is 16.1 Å². The number of ether oxygens (including phenoxy) is 1. The molecule has 34 heavy (non-hydrogen) atoms. The SMILES string of the molecule is COC(=O)c1cc(CN(C)C(=O)c2cc(-c3cc(C)sc3C)nc3c2cnn3C(C)C)oc1C. The second-order valence-corrected chi connectivity index (χ2v) is 10.1. The van der Waals surface area contributed by atoms with E-state index in [1.807, 2.05) is 24.6 Å². The summed E-state index contributed by atoms with van der Waals surface area (Å²) in [4.78, 5) is 34.3. The Kier molecular flexibility index (Phi) is 6.31. The second kappa shape index (κ2) is 9.06. The van der Waals surface area contributed by atoms with Crippen molar-refractivity contribution in [3.63, 3.8) is 0 Å². The van der Waals surface area contributed by atoms with Gasteiger partial charge in [0.15, 0.2) is 5.65 Å². The number of carbonyl (C=O) groups excluding carboxylic acids is 2. The van der Waals surface area contributed by atoms with Gasteiger partial charge in [0.1, 0.15) is 17.1 Å². The average molecular weight is 481 g/mol. The maximum atomic E-state index is 13.6. The van der Waals surface area contributed by atoms with Gasteiger partial charge in [-0.2, -0.15) is 5.10 Å². The van der Waals surface area contributed by atoms with E-state index in [2.05, 4.69) is 25.0 Å². The third kappa shape index (κ3) is 4.23. The number of hydrogen-bond acceptors (Lipinski definition) is 7. The predicted octanol–water partition coefficient (Wildman–Crippen LogP) is 5.32. The summed E-state index contributed by atoms with van der Waals surface area (Å²) in [6.45, 7) is 10.1. The fraction of sp³-hybridized carbons (Fsp3) is 0.360. The number of pyridine rings is 1. The molecule has 0 N–H and O–H groups in total. The van der Waals surface area contributed by atoms with Crippen molar-refractivity contribution in [1.29, 1.82) is 0 Å². The first-order valence-electron chi connectivity index (χ1n) is 11.0. The Morgan fingerprint density at radius 3 is 2.53 bits per heavy atom.